The first-order chi connectivity index (χ1) is 15.2. The number of hydrogen-bond donors (Lipinski definition) is 1. The molecule has 0 atom stereocenters. The quantitative estimate of drug-likeness (QED) is 0.780. The SMILES string of the molecule is CN(C1COC1)C1COC1.O=C1CSCCCN1.c1ccc(Oc2ccccc2)cc1. The van der Waals surface area contributed by atoms with E-state index in [4.69, 9.17) is 14.2 Å². The Bertz CT molecular complexity index is 693. The fraction of sp³-hybridized carbons (Fsp3) is 0.458. The molecule has 0 aliphatic carbocycles. The first-order valence-corrected chi connectivity index (χ1v) is 11.9. The topological polar surface area (TPSA) is 60.0 Å². The highest BCUT2D eigenvalue weighted by Crippen LogP contribution is 2.19. The van der Waals surface area contributed by atoms with Crippen LogP contribution in [0.4, 0.5) is 0 Å². The highest BCUT2D eigenvalue weighted by molar-refractivity contribution is 7.99. The molecule has 2 aromatic carbocycles. The molecule has 1 amide bonds. The molecule has 3 saturated heterocycles. The Kier molecular flexibility index (Phi) is 10.2. The van der Waals surface area contributed by atoms with Gasteiger partial charge in [0.1, 0.15) is 11.5 Å². The predicted molar refractivity (Wildman–Crippen MR) is 125 cm³/mol. The molecule has 3 fully saturated rings. The van der Waals surface area contributed by atoms with E-state index in [-0.39, 0.29) is 5.91 Å². The number of amides is 1. The summed E-state index contributed by atoms with van der Waals surface area (Å²) in [5.41, 5.74) is 0. The van der Waals surface area contributed by atoms with Gasteiger partial charge in [-0.2, -0.15) is 11.8 Å². The molecule has 3 aliphatic rings. The van der Waals surface area contributed by atoms with Gasteiger partial charge in [0.15, 0.2) is 0 Å². The number of thioether (sulfide) groups is 1. The fourth-order valence-electron chi connectivity index (χ4n) is 2.95. The van der Waals surface area contributed by atoms with Crippen LogP contribution >= 0.6 is 11.8 Å². The van der Waals surface area contributed by atoms with Crippen LogP contribution in [0.2, 0.25) is 0 Å². The molecule has 0 unspecified atom stereocenters. The second kappa shape index (κ2) is 13.4. The van der Waals surface area contributed by atoms with Crippen molar-refractivity contribution in [3.8, 4) is 11.5 Å². The average Bonchev–Trinajstić information content (AvgIpc) is 2.95. The highest BCUT2D eigenvalue weighted by atomic mass is 32.2. The Morgan fingerprint density at radius 3 is 1.87 bits per heavy atom. The molecule has 1 N–H and O–H groups in total. The first kappa shape index (κ1) is 23.6. The Morgan fingerprint density at radius 1 is 0.903 bits per heavy atom. The van der Waals surface area contributed by atoms with Gasteiger partial charge in [-0.25, -0.2) is 0 Å². The van der Waals surface area contributed by atoms with E-state index in [9.17, 15) is 4.79 Å². The number of likely N-dealkylation sites (N-methyl/N-ethyl adjacent to an activating group) is 1. The summed E-state index contributed by atoms with van der Waals surface area (Å²) < 4.78 is 15.8. The van der Waals surface area contributed by atoms with Crippen LogP contribution < -0.4 is 10.1 Å². The molecular formula is C24H32N2O4S. The van der Waals surface area contributed by atoms with Gasteiger partial charge in [-0.05, 0) is 43.5 Å². The molecule has 7 heteroatoms. The second-order valence-corrected chi connectivity index (χ2v) is 8.64. The van der Waals surface area contributed by atoms with Crippen LogP contribution in [0.3, 0.4) is 0 Å². The van der Waals surface area contributed by atoms with Crippen molar-refractivity contribution in [2.75, 3.05) is 51.5 Å². The summed E-state index contributed by atoms with van der Waals surface area (Å²) >= 11 is 1.71. The van der Waals surface area contributed by atoms with Crippen LogP contribution in [0, 0.1) is 0 Å². The summed E-state index contributed by atoms with van der Waals surface area (Å²) in [6.45, 7) is 4.51. The largest absolute Gasteiger partial charge is 0.457 e. The number of nitrogens with zero attached hydrogens (tertiary/aromatic N) is 1. The summed E-state index contributed by atoms with van der Waals surface area (Å²) in [5.74, 6) is 3.70. The minimum absolute atomic E-state index is 0.188. The van der Waals surface area contributed by atoms with Gasteiger partial charge >= 0.3 is 0 Å². The van der Waals surface area contributed by atoms with E-state index in [1.54, 1.807) is 11.8 Å². The van der Waals surface area contributed by atoms with E-state index in [0.717, 1.165) is 56.6 Å². The van der Waals surface area contributed by atoms with Crippen LogP contribution in [0.15, 0.2) is 60.7 Å². The molecule has 31 heavy (non-hydrogen) atoms. The highest BCUT2D eigenvalue weighted by Gasteiger charge is 2.32. The Morgan fingerprint density at radius 2 is 1.42 bits per heavy atom. The zero-order valence-corrected chi connectivity index (χ0v) is 18.9. The third-order valence-electron chi connectivity index (χ3n) is 5.14. The van der Waals surface area contributed by atoms with Crippen molar-refractivity contribution in [2.45, 2.75) is 18.5 Å². The van der Waals surface area contributed by atoms with Gasteiger partial charge < -0.3 is 19.5 Å². The van der Waals surface area contributed by atoms with E-state index in [1.807, 2.05) is 60.7 Å². The number of para-hydroxylation sites is 2. The lowest BCUT2D eigenvalue weighted by Crippen LogP contribution is -2.57. The van der Waals surface area contributed by atoms with Gasteiger partial charge in [0.2, 0.25) is 5.91 Å². The van der Waals surface area contributed by atoms with Gasteiger partial charge in [0, 0.05) is 6.54 Å². The Balaban J connectivity index is 0.000000136. The monoisotopic (exact) mass is 444 g/mol. The maximum absolute atomic E-state index is 10.6. The maximum atomic E-state index is 10.6. The van der Waals surface area contributed by atoms with E-state index in [0.29, 0.717) is 17.8 Å². The minimum Gasteiger partial charge on any atom is -0.457 e. The Labute approximate surface area is 189 Å². The van der Waals surface area contributed by atoms with Gasteiger partial charge in [-0.1, -0.05) is 36.4 Å². The normalized spacial score (nSPS) is 18.7. The molecule has 3 heterocycles. The van der Waals surface area contributed by atoms with Crippen molar-refractivity contribution in [3.05, 3.63) is 60.7 Å². The van der Waals surface area contributed by atoms with Gasteiger partial charge in [0.05, 0.1) is 44.3 Å². The predicted octanol–water partition coefficient (Wildman–Crippen LogP) is 3.43. The number of carbonyl (C=O) groups excluding carboxylic acids is 1. The summed E-state index contributed by atoms with van der Waals surface area (Å²) in [5, 5.41) is 2.78. The summed E-state index contributed by atoms with van der Waals surface area (Å²) in [7, 11) is 2.15. The molecule has 0 bridgehead atoms. The van der Waals surface area contributed by atoms with Crippen LogP contribution in [0.1, 0.15) is 6.42 Å². The number of nitrogens with one attached hydrogen (secondary N) is 1. The zero-order chi connectivity index (χ0) is 21.7. The lowest BCUT2D eigenvalue weighted by molar-refractivity contribution is -0.127. The van der Waals surface area contributed by atoms with Crippen LogP contribution in [-0.4, -0.2) is 74.4 Å². The van der Waals surface area contributed by atoms with Crippen molar-refractivity contribution in [2.24, 2.45) is 0 Å². The minimum atomic E-state index is 0.188. The number of carbonyl (C=O) groups is 1. The van der Waals surface area contributed by atoms with Crippen LogP contribution in [-0.2, 0) is 14.3 Å². The van der Waals surface area contributed by atoms with Gasteiger partial charge in [-0.15, -0.1) is 0 Å². The van der Waals surface area contributed by atoms with E-state index < -0.39 is 0 Å². The zero-order valence-electron chi connectivity index (χ0n) is 18.1. The van der Waals surface area contributed by atoms with E-state index in [2.05, 4.69) is 17.3 Å². The van der Waals surface area contributed by atoms with E-state index >= 15 is 0 Å². The Hall–Kier alpha value is -2.06. The van der Waals surface area contributed by atoms with Crippen LogP contribution in [0.25, 0.3) is 0 Å². The molecule has 6 nitrogen and oxygen atoms in total. The molecule has 5 rings (SSSR count). The molecule has 0 radical (unpaired) electrons. The molecule has 3 aliphatic heterocycles. The average molecular weight is 445 g/mol. The lowest BCUT2D eigenvalue weighted by Gasteiger charge is -2.43. The van der Waals surface area contributed by atoms with Crippen molar-refractivity contribution in [1.82, 2.24) is 10.2 Å². The summed E-state index contributed by atoms with van der Waals surface area (Å²) in [6.07, 6.45) is 1.12. The van der Waals surface area contributed by atoms with Gasteiger partial charge in [-0.3, -0.25) is 9.69 Å². The third-order valence-corrected chi connectivity index (χ3v) is 6.18. The molecule has 0 spiro atoms. The third kappa shape index (κ3) is 8.53. The molecule has 2 aromatic rings. The summed E-state index contributed by atoms with van der Waals surface area (Å²) in [4.78, 5) is 12.9. The van der Waals surface area contributed by atoms with Crippen LogP contribution in [0.5, 0.6) is 11.5 Å². The molecule has 0 saturated carbocycles. The molecular weight excluding hydrogens is 412 g/mol. The van der Waals surface area contributed by atoms with Crippen molar-refractivity contribution in [1.29, 1.82) is 0 Å². The number of rotatable bonds is 4. The van der Waals surface area contributed by atoms with Crippen molar-refractivity contribution >= 4 is 17.7 Å². The van der Waals surface area contributed by atoms with E-state index in [1.165, 1.54) is 0 Å². The smallest absolute Gasteiger partial charge is 0.229 e. The summed E-state index contributed by atoms with van der Waals surface area (Å²) in [6, 6.07) is 20.8. The molecule has 168 valence electrons. The fourth-order valence-corrected chi connectivity index (χ4v) is 3.73. The van der Waals surface area contributed by atoms with Gasteiger partial charge in [0.25, 0.3) is 0 Å². The maximum Gasteiger partial charge on any atom is 0.229 e. The second-order valence-electron chi connectivity index (χ2n) is 7.53. The number of hydrogen-bond acceptors (Lipinski definition) is 6. The van der Waals surface area contributed by atoms with Crippen molar-refractivity contribution < 1.29 is 19.0 Å². The number of ether oxygens (including phenoxy) is 3. The number of benzene rings is 2. The molecule has 0 aromatic heterocycles. The van der Waals surface area contributed by atoms with Crippen molar-refractivity contribution in [3.63, 3.8) is 0 Å². The first-order valence-electron chi connectivity index (χ1n) is 10.7. The standard InChI is InChI=1S/C12H10O.C7H13NO2.C5H9NOS/c1-3-7-11(8-4-1)13-12-9-5-2-6-10-12;1-8(6-2-9-3-6)7-4-10-5-7;7-5-4-8-3-1-2-6-5/h1-10H;6-7H,2-5H2,1H3;1-4H2,(H,6,7). The lowest BCUT2D eigenvalue weighted by atomic mass is 10.1.